The molecule has 5 aromatic rings. The summed E-state index contributed by atoms with van der Waals surface area (Å²) in [5.41, 5.74) is 4.82. The van der Waals surface area contributed by atoms with Gasteiger partial charge in [0.2, 0.25) is 0 Å². The molecule has 1 heteroatoms. The van der Waals surface area contributed by atoms with Crippen molar-refractivity contribution < 1.29 is 5.48 Å². The van der Waals surface area contributed by atoms with Gasteiger partial charge in [-0.3, -0.25) is 0 Å². The molecule has 1 heterocycles. The van der Waals surface area contributed by atoms with E-state index in [2.05, 4.69) is 48.5 Å². The molecule has 0 saturated carbocycles. The maximum Gasteiger partial charge on any atom is 0.0632 e. The molecule has 0 amide bonds. The molecule has 0 aliphatic heterocycles. The molecule has 4 aromatic carbocycles. The Bertz CT molecular complexity index is 1470. The molecule has 0 unspecified atom stereocenters. The van der Waals surface area contributed by atoms with E-state index in [1.54, 1.807) is 18.3 Å². The van der Waals surface area contributed by atoms with Crippen LogP contribution in [0.2, 0.25) is 0 Å². The summed E-state index contributed by atoms with van der Waals surface area (Å²) in [5.74, 6) is 0. The lowest BCUT2D eigenvalue weighted by Gasteiger charge is -2.13. The summed E-state index contributed by atoms with van der Waals surface area (Å²) in [5, 5.41) is 2.48. The van der Waals surface area contributed by atoms with Gasteiger partial charge < -0.3 is 0 Å². The lowest BCUT2D eigenvalue weighted by Crippen LogP contribution is -1.89. The Hall–Kier alpha value is -2.90. The van der Waals surface area contributed by atoms with E-state index >= 15 is 0 Å². The van der Waals surface area contributed by atoms with Gasteiger partial charge >= 0.3 is 0 Å². The van der Waals surface area contributed by atoms with Crippen LogP contribution in [0.4, 0.5) is 0 Å². The van der Waals surface area contributed by atoms with Gasteiger partial charge in [-0.1, -0.05) is 84.3 Å². The first-order valence-electron chi connectivity index (χ1n) is 11.0. The molecular formula is C26H20S. The van der Waals surface area contributed by atoms with Gasteiger partial charge in [-0.2, -0.15) is 0 Å². The van der Waals surface area contributed by atoms with E-state index in [-0.39, 0.29) is 24.2 Å². The highest BCUT2D eigenvalue weighted by atomic mass is 32.1. The number of hydrogen-bond acceptors (Lipinski definition) is 1. The zero-order valence-corrected chi connectivity index (χ0v) is 16.0. The molecule has 27 heavy (non-hydrogen) atoms. The monoisotopic (exact) mass is 368 g/mol. The summed E-state index contributed by atoms with van der Waals surface area (Å²) in [6.45, 7) is 3.70. The van der Waals surface area contributed by atoms with Crippen molar-refractivity contribution in [2.24, 2.45) is 0 Å². The maximum atomic E-state index is 8.57. The third-order valence-corrected chi connectivity index (χ3v) is 6.27. The Morgan fingerprint density at radius 2 is 1.48 bits per heavy atom. The summed E-state index contributed by atoms with van der Waals surface area (Å²) in [6.07, 6.45) is 0. The summed E-state index contributed by atoms with van der Waals surface area (Å²) in [6, 6.07) is 20.7. The van der Waals surface area contributed by atoms with Crippen LogP contribution in [0.25, 0.3) is 42.4 Å². The second kappa shape index (κ2) is 6.37. The van der Waals surface area contributed by atoms with Crippen LogP contribution in [0.3, 0.4) is 0 Å². The zero-order chi connectivity index (χ0) is 21.9. The van der Waals surface area contributed by atoms with Crippen LogP contribution in [0.5, 0.6) is 0 Å². The topological polar surface area (TPSA) is 0 Å². The second-order valence-corrected chi connectivity index (χ2v) is 7.81. The smallest absolute Gasteiger partial charge is 0.0632 e. The summed E-state index contributed by atoms with van der Waals surface area (Å²) in [4.78, 5) is 0. The van der Waals surface area contributed by atoms with E-state index in [0.717, 1.165) is 22.3 Å². The first-order valence-corrected chi connectivity index (χ1v) is 9.79. The largest absolute Gasteiger partial charge is 0.135 e. The molecule has 0 atom stereocenters. The first-order chi connectivity index (χ1) is 14.9. The van der Waals surface area contributed by atoms with E-state index in [0.29, 0.717) is 11.1 Å². The van der Waals surface area contributed by atoms with Crippen molar-refractivity contribution in [1.29, 1.82) is 0 Å². The third-order valence-electron chi connectivity index (χ3n) is 5.05. The molecule has 0 saturated heterocycles. The molecule has 0 nitrogen and oxygen atoms in total. The van der Waals surface area contributed by atoms with Crippen LogP contribution in [-0.2, 0) is 0 Å². The van der Waals surface area contributed by atoms with E-state index < -0.39 is 0 Å². The Morgan fingerprint density at radius 1 is 0.741 bits per heavy atom. The fourth-order valence-electron chi connectivity index (χ4n) is 3.73. The molecule has 0 aliphatic rings. The number of fused-ring (bicyclic) bond motifs is 3. The molecule has 130 valence electrons. The van der Waals surface area contributed by atoms with Crippen molar-refractivity contribution >= 4 is 31.5 Å². The highest BCUT2D eigenvalue weighted by Gasteiger charge is 2.13. The summed E-state index contributed by atoms with van der Waals surface area (Å²) in [7, 11) is 0. The second-order valence-electron chi connectivity index (χ2n) is 6.76. The molecule has 1 aromatic heterocycles. The SMILES string of the molecule is [2H]c1c([2H])c(C)c([2H])c(-c2cccc(-c3cccc4c3sc3ccccc34)c2C)c1[2H]. The van der Waals surface area contributed by atoms with Crippen LogP contribution in [-0.4, -0.2) is 0 Å². The normalized spacial score (nSPS) is 13.4. The highest BCUT2D eigenvalue weighted by molar-refractivity contribution is 7.26. The van der Waals surface area contributed by atoms with Crippen molar-refractivity contribution in [3.05, 3.63) is 96.0 Å². The van der Waals surface area contributed by atoms with Gasteiger partial charge in [-0.05, 0) is 47.7 Å². The molecule has 0 fully saturated rings. The molecule has 0 radical (unpaired) electrons. The minimum atomic E-state index is -0.125. The van der Waals surface area contributed by atoms with Crippen LogP contribution in [0.1, 0.15) is 16.6 Å². The van der Waals surface area contributed by atoms with E-state index in [1.165, 1.54) is 20.2 Å². The minimum Gasteiger partial charge on any atom is -0.135 e. The average Bonchev–Trinajstić information content (AvgIpc) is 3.17. The predicted molar refractivity (Wildman–Crippen MR) is 120 cm³/mol. The van der Waals surface area contributed by atoms with Crippen LogP contribution in [0.15, 0.2) is 84.8 Å². The van der Waals surface area contributed by atoms with Crippen molar-refractivity contribution in [2.75, 3.05) is 0 Å². The quantitative estimate of drug-likeness (QED) is 0.296. The molecule has 5 rings (SSSR count). The van der Waals surface area contributed by atoms with E-state index in [4.69, 9.17) is 5.48 Å². The summed E-state index contributed by atoms with van der Waals surface area (Å²) < 4.78 is 35.7. The number of benzene rings is 4. The van der Waals surface area contributed by atoms with Gasteiger partial charge in [0.05, 0.1) is 5.48 Å². The Morgan fingerprint density at radius 3 is 2.41 bits per heavy atom. The molecule has 0 spiro atoms. The van der Waals surface area contributed by atoms with Gasteiger partial charge in [0.25, 0.3) is 0 Å². The number of hydrogen-bond donors (Lipinski definition) is 0. The Kier molecular flexibility index (Phi) is 2.94. The highest BCUT2D eigenvalue weighted by Crippen LogP contribution is 2.41. The molecule has 0 bridgehead atoms. The van der Waals surface area contributed by atoms with Crippen molar-refractivity contribution in [1.82, 2.24) is 0 Å². The van der Waals surface area contributed by atoms with Gasteiger partial charge in [-0.25, -0.2) is 0 Å². The fraction of sp³-hybridized carbons (Fsp3) is 0.0769. The first kappa shape index (κ1) is 12.5. The summed E-state index contributed by atoms with van der Waals surface area (Å²) >= 11 is 1.78. The zero-order valence-electron chi connectivity index (χ0n) is 19.2. The lowest BCUT2D eigenvalue weighted by atomic mass is 9.92. The molecule has 0 N–H and O–H groups in total. The van der Waals surface area contributed by atoms with Crippen LogP contribution >= 0.6 is 11.3 Å². The lowest BCUT2D eigenvalue weighted by molar-refractivity contribution is 1.42. The van der Waals surface area contributed by atoms with Crippen LogP contribution < -0.4 is 0 Å². The van der Waals surface area contributed by atoms with Gasteiger partial charge in [0, 0.05) is 20.2 Å². The van der Waals surface area contributed by atoms with Crippen molar-refractivity contribution in [3.63, 3.8) is 0 Å². The standard InChI is InChI=1S/C26H20S/c1-17-8-5-9-19(16-17)20-11-6-12-21(18(20)2)23-13-7-14-24-22-10-3-4-15-25(22)27-26(23)24/h3-16H,1-2H3/i5D,8D,9D,16D. The van der Waals surface area contributed by atoms with E-state index in [9.17, 15) is 0 Å². The predicted octanol–water partition coefficient (Wildman–Crippen LogP) is 8.01. The van der Waals surface area contributed by atoms with Crippen LogP contribution in [0, 0.1) is 13.8 Å². The average molecular weight is 369 g/mol. The fourth-order valence-corrected chi connectivity index (χ4v) is 4.96. The number of thiophene rings is 1. The third kappa shape index (κ3) is 2.67. The van der Waals surface area contributed by atoms with Gasteiger partial charge in [0.15, 0.2) is 0 Å². The Balaban J connectivity index is 1.80. The van der Waals surface area contributed by atoms with Gasteiger partial charge in [-0.15, -0.1) is 11.3 Å². The number of rotatable bonds is 2. The molecule has 0 aliphatic carbocycles. The van der Waals surface area contributed by atoms with Crippen molar-refractivity contribution in [3.8, 4) is 22.3 Å². The van der Waals surface area contributed by atoms with Crippen molar-refractivity contribution in [2.45, 2.75) is 13.8 Å². The Labute approximate surface area is 169 Å². The minimum absolute atomic E-state index is 0.0393. The van der Waals surface area contributed by atoms with E-state index in [1.807, 2.05) is 19.1 Å². The van der Waals surface area contributed by atoms with Gasteiger partial charge in [0.1, 0.15) is 0 Å². The molecular weight excluding hydrogens is 344 g/mol. The maximum absolute atomic E-state index is 8.57.